The van der Waals surface area contributed by atoms with E-state index in [9.17, 15) is 0 Å². The summed E-state index contributed by atoms with van der Waals surface area (Å²) in [5, 5.41) is 11.3. The SMILES string of the molecule is CCCCCCN/C=C(\C=N)c1cnc2ccc(N(CCCC)c3cc(CC)cc(CC)c3)cc2n1. The fraction of sp³-hybridized carbons (Fsp3) is 0.452. The topological polar surface area (TPSA) is 64.9 Å². The first-order valence-electron chi connectivity index (χ1n) is 13.7. The largest absolute Gasteiger partial charge is 0.390 e. The fourth-order valence-corrected chi connectivity index (χ4v) is 4.36. The molecule has 5 nitrogen and oxygen atoms in total. The van der Waals surface area contributed by atoms with Crippen LogP contribution in [0.5, 0.6) is 0 Å². The lowest BCUT2D eigenvalue weighted by Gasteiger charge is -2.26. The molecule has 2 N–H and O–H groups in total. The zero-order valence-electron chi connectivity index (χ0n) is 22.6. The van der Waals surface area contributed by atoms with Crippen LogP contribution in [0, 0.1) is 5.41 Å². The highest BCUT2D eigenvalue weighted by Gasteiger charge is 2.13. The number of anilines is 2. The van der Waals surface area contributed by atoms with Crippen LogP contribution in [0.2, 0.25) is 0 Å². The molecule has 0 saturated carbocycles. The summed E-state index contributed by atoms with van der Waals surface area (Å²) in [7, 11) is 0. The average Bonchev–Trinajstić information content (AvgIpc) is 2.92. The van der Waals surface area contributed by atoms with E-state index in [1.165, 1.54) is 42.3 Å². The Balaban J connectivity index is 1.92. The average molecular weight is 486 g/mol. The molecule has 1 heterocycles. The first-order chi connectivity index (χ1) is 17.6. The summed E-state index contributed by atoms with van der Waals surface area (Å²) >= 11 is 0. The van der Waals surface area contributed by atoms with E-state index in [2.05, 4.69) is 79.3 Å². The van der Waals surface area contributed by atoms with Crippen molar-refractivity contribution in [3.8, 4) is 0 Å². The third-order valence-corrected chi connectivity index (χ3v) is 6.62. The highest BCUT2D eigenvalue weighted by Crippen LogP contribution is 2.30. The van der Waals surface area contributed by atoms with Crippen LogP contribution in [-0.2, 0) is 12.8 Å². The molecule has 0 amide bonds. The molecule has 1 aromatic heterocycles. The summed E-state index contributed by atoms with van der Waals surface area (Å²) in [6, 6.07) is 13.3. The van der Waals surface area contributed by atoms with Crippen molar-refractivity contribution in [2.24, 2.45) is 0 Å². The van der Waals surface area contributed by atoms with E-state index in [0.29, 0.717) is 0 Å². The maximum atomic E-state index is 7.92. The molecule has 3 aromatic rings. The summed E-state index contributed by atoms with van der Waals surface area (Å²) in [4.78, 5) is 12.0. The van der Waals surface area contributed by atoms with Gasteiger partial charge in [-0.05, 0) is 67.1 Å². The summed E-state index contributed by atoms with van der Waals surface area (Å²) in [6.07, 6.45) is 14.2. The molecule has 0 aliphatic carbocycles. The van der Waals surface area contributed by atoms with Crippen molar-refractivity contribution in [1.82, 2.24) is 15.3 Å². The molecule has 2 aromatic carbocycles. The zero-order chi connectivity index (χ0) is 25.8. The van der Waals surface area contributed by atoms with Gasteiger partial charge < -0.3 is 15.6 Å². The minimum absolute atomic E-state index is 0.720. The molecule has 192 valence electrons. The monoisotopic (exact) mass is 485 g/mol. The first kappa shape index (κ1) is 27.4. The van der Waals surface area contributed by atoms with E-state index in [1.54, 1.807) is 6.20 Å². The van der Waals surface area contributed by atoms with E-state index in [-0.39, 0.29) is 0 Å². The molecule has 0 aliphatic rings. The van der Waals surface area contributed by atoms with Gasteiger partial charge in [0.15, 0.2) is 0 Å². The van der Waals surface area contributed by atoms with Crippen molar-refractivity contribution >= 4 is 34.2 Å². The van der Waals surface area contributed by atoms with Crippen LogP contribution in [0.1, 0.15) is 83.0 Å². The van der Waals surface area contributed by atoms with Gasteiger partial charge in [0, 0.05) is 42.5 Å². The zero-order valence-corrected chi connectivity index (χ0v) is 22.6. The Hall–Kier alpha value is -3.21. The molecule has 3 rings (SSSR count). The van der Waals surface area contributed by atoms with E-state index >= 15 is 0 Å². The second-order valence-corrected chi connectivity index (χ2v) is 9.41. The van der Waals surface area contributed by atoms with Crippen molar-refractivity contribution in [3.05, 3.63) is 65.6 Å². The van der Waals surface area contributed by atoms with Crippen molar-refractivity contribution < 1.29 is 0 Å². The van der Waals surface area contributed by atoms with Gasteiger partial charge in [0.25, 0.3) is 0 Å². The van der Waals surface area contributed by atoms with Crippen molar-refractivity contribution in [1.29, 1.82) is 5.41 Å². The van der Waals surface area contributed by atoms with Gasteiger partial charge in [-0.2, -0.15) is 0 Å². The molecule has 0 saturated heterocycles. The van der Waals surface area contributed by atoms with Crippen LogP contribution in [0.3, 0.4) is 0 Å². The van der Waals surface area contributed by atoms with Gasteiger partial charge in [-0.1, -0.05) is 59.4 Å². The van der Waals surface area contributed by atoms with Crippen LogP contribution >= 0.6 is 0 Å². The Morgan fingerprint density at radius 1 is 0.861 bits per heavy atom. The Labute approximate surface area is 217 Å². The number of fused-ring (bicyclic) bond motifs is 1. The number of hydrogen-bond donors (Lipinski definition) is 2. The number of nitrogens with zero attached hydrogens (tertiary/aromatic N) is 3. The van der Waals surface area contributed by atoms with E-state index in [4.69, 9.17) is 10.4 Å². The second kappa shape index (κ2) is 14.4. The number of aromatic nitrogens is 2. The highest BCUT2D eigenvalue weighted by molar-refractivity contribution is 6.07. The molecule has 0 radical (unpaired) electrons. The van der Waals surface area contributed by atoms with Gasteiger partial charge in [-0.15, -0.1) is 0 Å². The fourth-order valence-electron chi connectivity index (χ4n) is 4.36. The van der Waals surface area contributed by atoms with Crippen LogP contribution in [0.15, 0.2) is 48.8 Å². The maximum absolute atomic E-state index is 7.92. The standard InChI is InChI=1S/C31H43N5/c1-5-9-11-12-15-33-22-26(21-32)31-23-34-29-14-13-27(20-30(29)35-31)36(16-10-6-2)28-18-24(7-3)17-25(8-4)19-28/h13-14,17-23,32-33H,5-12,15-16H2,1-4H3/b26-22+,32-21?. The van der Waals surface area contributed by atoms with Crippen LogP contribution in [-0.4, -0.2) is 29.3 Å². The van der Waals surface area contributed by atoms with Gasteiger partial charge in [0.05, 0.1) is 22.9 Å². The predicted molar refractivity (Wildman–Crippen MR) is 156 cm³/mol. The van der Waals surface area contributed by atoms with Crippen molar-refractivity contribution in [2.75, 3.05) is 18.0 Å². The van der Waals surface area contributed by atoms with Crippen molar-refractivity contribution in [2.45, 2.75) is 79.1 Å². The third kappa shape index (κ3) is 7.39. The number of hydrogen-bond acceptors (Lipinski definition) is 5. The molecule has 0 fully saturated rings. The van der Waals surface area contributed by atoms with Gasteiger partial charge in [0.1, 0.15) is 0 Å². The lowest BCUT2D eigenvalue weighted by atomic mass is 10.0. The van der Waals surface area contributed by atoms with Crippen LogP contribution in [0.25, 0.3) is 16.6 Å². The molecular weight excluding hydrogens is 442 g/mol. The summed E-state index contributed by atoms with van der Waals surface area (Å²) in [6.45, 7) is 10.8. The summed E-state index contributed by atoms with van der Waals surface area (Å²) < 4.78 is 0. The van der Waals surface area contributed by atoms with Gasteiger partial charge in [-0.3, -0.25) is 4.98 Å². The second-order valence-electron chi connectivity index (χ2n) is 9.41. The maximum Gasteiger partial charge on any atom is 0.0922 e. The minimum atomic E-state index is 0.720. The number of unbranched alkanes of at least 4 members (excludes halogenated alkanes) is 4. The first-order valence-corrected chi connectivity index (χ1v) is 13.7. The van der Waals surface area contributed by atoms with Crippen molar-refractivity contribution in [3.63, 3.8) is 0 Å². The summed E-state index contributed by atoms with van der Waals surface area (Å²) in [5.41, 5.74) is 8.31. The predicted octanol–water partition coefficient (Wildman–Crippen LogP) is 7.85. The van der Waals surface area contributed by atoms with E-state index < -0.39 is 0 Å². The number of benzene rings is 2. The van der Waals surface area contributed by atoms with Gasteiger partial charge in [0.2, 0.25) is 0 Å². The Morgan fingerprint density at radius 3 is 2.28 bits per heavy atom. The lowest BCUT2D eigenvalue weighted by Crippen LogP contribution is -2.19. The Kier molecular flexibility index (Phi) is 10.9. The highest BCUT2D eigenvalue weighted by atomic mass is 15.1. The Morgan fingerprint density at radius 2 is 1.61 bits per heavy atom. The number of aryl methyl sites for hydroxylation is 2. The van der Waals surface area contributed by atoms with Crippen LogP contribution in [0.4, 0.5) is 11.4 Å². The lowest BCUT2D eigenvalue weighted by molar-refractivity contribution is 0.646. The molecule has 0 bridgehead atoms. The summed E-state index contributed by atoms with van der Waals surface area (Å²) in [5.74, 6) is 0. The number of nitrogens with one attached hydrogen (secondary N) is 2. The number of rotatable bonds is 15. The molecule has 0 unspecified atom stereocenters. The smallest absolute Gasteiger partial charge is 0.0922 e. The van der Waals surface area contributed by atoms with E-state index in [1.807, 2.05) is 6.20 Å². The molecule has 36 heavy (non-hydrogen) atoms. The van der Waals surface area contributed by atoms with Gasteiger partial charge in [-0.25, -0.2) is 4.98 Å². The minimum Gasteiger partial charge on any atom is -0.390 e. The molecule has 0 aliphatic heterocycles. The molecule has 0 spiro atoms. The molecular formula is C31H43N5. The quantitative estimate of drug-likeness (QED) is 0.170. The third-order valence-electron chi connectivity index (χ3n) is 6.62. The number of allylic oxidation sites excluding steroid dienone is 1. The normalized spacial score (nSPS) is 11.6. The van der Waals surface area contributed by atoms with E-state index in [0.717, 1.165) is 73.2 Å². The Bertz CT molecular complexity index is 1130. The molecule has 0 atom stereocenters. The molecule has 5 heteroatoms. The van der Waals surface area contributed by atoms with Crippen LogP contribution < -0.4 is 10.2 Å². The van der Waals surface area contributed by atoms with Gasteiger partial charge >= 0.3 is 0 Å².